The molecule has 1 aromatic carbocycles. The highest BCUT2D eigenvalue weighted by molar-refractivity contribution is 6.04. The van der Waals surface area contributed by atoms with Crippen LogP contribution in [0.1, 0.15) is 17.4 Å². The van der Waals surface area contributed by atoms with E-state index in [9.17, 15) is 4.79 Å². The molecule has 0 saturated carbocycles. The van der Waals surface area contributed by atoms with Crippen LogP contribution in [0.4, 0.5) is 5.82 Å². The van der Waals surface area contributed by atoms with E-state index in [2.05, 4.69) is 20.4 Å². The van der Waals surface area contributed by atoms with Crippen molar-refractivity contribution in [1.82, 2.24) is 19.7 Å². The quantitative estimate of drug-likeness (QED) is 0.352. The van der Waals surface area contributed by atoms with E-state index in [1.165, 1.54) is 10.9 Å². The lowest BCUT2D eigenvalue weighted by molar-refractivity contribution is 0.101. The van der Waals surface area contributed by atoms with Crippen molar-refractivity contribution < 1.29 is 28.8 Å². The van der Waals surface area contributed by atoms with Gasteiger partial charge in [0.05, 0.1) is 51.9 Å². The SMILES string of the molecule is CCOc1cn(CCO)nc1C(=O)Nc1ccc(Oc2ccnc3cc(OC)c(OC)cc23)cn1. The zero-order valence-corrected chi connectivity index (χ0v) is 19.5. The van der Waals surface area contributed by atoms with Gasteiger partial charge in [0.1, 0.15) is 17.3 Å². The molecule has 0 spiro atoms. The number of fused-ring (bicyclic) bond motifs is 1. The lowest BCUT2D eigenvalue weighted by atomic mass is 10.2. The fourth-order valence-electron chi connectivity index (χ4n) is 3.39. The summed E-state index contributed by atoms with van der Waals surface area (Å²) in [5, 5.41) is 16.7. The fraction of sp³-hybridized carbons (Fsp3) is 0.250. The third-order valence-electron chi connectivity index (χ3n) is 4.98. The van der Waals surface area contributed by atoms with E-state index in [4.69, 9.17) is 24.1 Å². The Kier molecular flexibility index (Phi) is 7.27. The molecule has 3 aromatic heterocycles. The van der Waals surface area contributed by atoms with Crippen LogP contribution in [-0.4, -0.2) is 58.2 Å². The van der Waals surface area contributed by atoms with Crippen LogP contribution < -0.4 is 24.3 Å². The van der Waals surface area contributed by atoms with Crippen molar-refractivity contribution in [1.29, 1.82) is 0 Å². The van der Waals surface area contributed by atoms with Crippen molar-refractivity contribution in [3.8, 4) is 28.7 Å². The first-order chi connectivity index (χ1) is 17.1. The van der Waals surface area contributed by atoms with Crippen LogP contribution in [0.2, 0.25) is 0 Å². The molecular formula is C24H25N5O6. The number of hydrogen-bond donors (Lipinski definition) is 2. The Morgan fingerprint density at radius 3 is 2.54 bits per heavy atom. The number of anilines is 1. The Morgan fingerprint density at radius 2 is 1.86 bits per heavy atom. The molecule has 0 unspecified atom stereocenters. The van der Waals surface area contributed by atoms with Gasteiger partial charge in [-0.05, 0) is 31.2 Å². The van der Waals surface area contributed by atoms with Gasteiger partial charge >= 0.3 is 0 Å². The topological polar surface area (TPSA) is 130 Å². The number of amides is 1. The number of ether oxygens (including phenoxy) is 4. The summed E-state index contributed by atoms with van der Waals surface area (Å²) in [6.45, 7) is 2.33. The number of nitrogens with one attached hydrogen (secondary N) is 1. The average Bonchev–Trinajstić information content (AvgIpc) is 3.27. The first-order valence-corrected chi connectivity index (χ1v) is 10.8. The maximum absolute atomic E-state index is 12.7. The van der Waals surface area contributed by atoms with Gasteiger partial charge in [-0.15, -0.1) is 0 Å². The third-order valence-corrected chi connectivity index (χ3v) is 4.98. The number of carbonyl (C=O) groups excluding carboxylic acids is 1. The summed E-state index contributed by atoms with van der Waals surface area (Å²) in [5.41, 5.74) is 0.790. The van der Waals surface area contributed by atoms with E-state index >= 15 is 0 Å². The highest BCUT2D eigenvalue weighted by Gasteiger charge is 2.19. The van der Waals surface area contributed by atoms with E-state index in [0.717, 1.165) is 5.39 Å². The van der Waals surface area contributed by atoms with E-state index in [1.54, 1.807) is 56.9 Å². The molecule has 182 valence electrons. The van der Waals surface area contributed by atoms with Gasteiger partial charge in [0.15, 0.2) is 22.9 Å². The summed E-state index contributed by atoms with van der Waals surface area (Å²) in [6, 6.07) is 8.61. The monoisotopic (exact) mass is 479 g/mol. The Morgan fingerprint density at radius 1 is 1.06 bits per heavy atom. The Labute approximate surface area is 201 Å². The molecule has 0 radical (unpaired) electrons. The molecule has 4 aromatic rings. The van der Waals surface area contributed by atoms with Gasteiger partial charge in [-0.2, -0.15) is 5.10 Å². The van der Waals surface area contributed by atoms with E-state index in [1.807, 2.05) is 6.92 Å². The molecule has 0 atom stereocenters. The van der Waals surface area contributed by atoms with Gasteiger partial charge in [-0.3, -0.25) is 14.5 Å². The average molecular weight is 479 g/mol. The van der Waals surface area contributed by atoms with Crippen molar-refractivity contribution in [3.63, 3.8) is 0 Å². The molecule has 0 aliphatic carbocycles. The maximum Gasteiger partial charge on any atom is 0.281 e. The molecular weight excluding hydrogens is 454 g/mol. The zero-order chi connectivity index (χ0) is 24.8. The molecule has 0 aliphatic heterocycles. The summed E-state index contributed by atoms with van der Waals surface area (Å²) in [7, 11) is 3.13. The molecule has 0 aliphatic rings. The number of hydrogen-bond acceptors (Lipinski definition) is 9. The minimum Gasteiger partial charge on any atom is -0.493 e. The van der Waals surface area contributed by atoms with Crippen LogP contribution in [0.25, 0.3) is 10.9 Å². The van der Waals surface area contributed by atoms with Gasteiger partial charge < -0.3 is 29.4 Å². The first kappa shape index (κ1) is 23.8. The predicted octanol–water partition coefficient (Wildman–Crippen LogP) is 3.28. The molecule has 4 rings (SSSR count). The van der Waals surface area contributed by atoms with E-state index < -0.39 is 5.91 Å². The minimum absolute atomic E-state index is 0.107. The summed E-state index contributed by atoms with van der Waals surface area (Å²) < 4.78 is 23.7. The van der Waals surface area contributed by atoms with Crippen molar-refractivity contribution >= 4 is 22.6 Å². The van der Waals surface area contributed by atoms with Crippen molar-refractivity contribution in [2.75, 3.05) is 32.8 Å². The highest BCUT2D eigenvalue weighted by atomic mass is 16.5. The molecule has 11 heteroatoms. The van der Waals surface area contributed by atoms with Gasteiger partial charge in [0.2, 0.25) is 0 Å². The molecule has 3 heterocycles. The van der Waals surface area contributed by atoms with Crippen LogP contribution in [-0.2, 0) is 6.54 Å². The van der Waals surface area contributed by atoms with Crippen molar-refractivity contribution in [2.24, 2.45) is 0 Å². The second kappa shape index (κ2) is 10.7. The largest absolute Gasteiger partial charge is 0.493 e. The summed E-state index contributed by atoms with van der Waals surface area (Å²) >= 11 is 0. The lowest BCUT2D eigenvalue weighted by Gasteiger charge is -2.12. The van der Waals surface area contributed by atoms with Gasteiger partial charge in [-0.25, -0.2) is 4.98 Å². The third kappa shape index (κ3) is 5.25. The number of rotatable bonds is 10. The molecule has 1 amide bonds. The molecule has 0 fully saturated rings. The fourth-order valence-corrected chi connectivity index (χ4v) is 3.39. The number of carbonyl (C=O) groups is 1. The highest BCUT2D eigenvalue weighted by Crippen LogP contribution is 2.36. The Balaban J connectivity index is 1.51. The summed E-state index contributed by atoms with van der Waals surface area (Å²) in [4.78, 5) is 21.4. The number of aliphatic hydroxyl groups is 1. The number of aliphatic hydroxyl groups excluding tert-OH is 1. The number of aromatic nitrogens is 4. The zero-order valence-electron chi connectivity index (χ0n) is 19.5. The molecule has 11 nitrogen and oxygen atoms in total. The van der Waals surface area contributed by atoms with Crippen LogP contribution in [0.3, 0.4) is 0 Å². The van der Waals surface area contributed by atoms with Crippen molar-refractivity contribution in [3.05, 3.63) is 54.6 Å². The Hall–Kier alpha value is -4.38. The van der Waals surface area contributed by atoms with Crippen LogP contribution >= 0.6 is 0 Å². The predicted molar refractivity (Wildman–Crippen MR) is 128 cm³/mol. The second-order valence-electron chi connectivity index (χ2n) is 7.23. The van der Waals surface area contributed by atoms with Crippen LogP contribution in [0.15, 0.2) is 48.9 Å². The number of benzene rings is 1. The van der Waals surface area contributed by atoms with Gasteiger partial charge in [0.25, 0.3) is 5.91 Å². The molecule has 0 bridgehead atoms. The lowest BCUT2D eigenvalue weighted by Crippen LogP contribution is -2.15. The summed E-state index contributed by atoms with van der Waals surface area (Å²) in [6.07, 6.45) is 4.70. The number of pyridine rings is 2. The second-order valence-corrected chi connectivity index (χ2v) is 7.23. The van der Waals surface area contributed by atoms with Crippen LogP contribution in [0.5, 0.6) is 28.7 Å². The van der Waals surface area contributed by atoms with Crippen LogP contribution in [0, 0.1) is 0 Å². The Bertz CT molecular complexity index is 1320. The summed E-state index contributed by atoms with van der Waals surface area (Å²) in [5.74, 6) is 2.31. The van der Waals surface area contributed by atoms with E-state index in [-0.39, 0.29) is 18.8 Å². The molecule has 2 N–H and O–H groups in total. The first-order valence-electron chi connectivity index (χ1n) is 10.8. The maximum atomic E-state index is 12.7. The molecule has 0 saturated heterocycles. The van der Waals surface area contributed by atoms with Gasteiger partial charge in [-0.1, -0.05) is 0 Å². The number of nitrogens with zero attached hydrogens (tertiary/aromatic N) is 4. The normalized spacial score (nSPS) is 10.7. The standard InChI is InChI=1S/C24H25N5O6/c1-4-34-21-14-29(9-10-30)28-23(21)24(31)27-22-6-5-15(13-26-22)35-18-7-8-25-17-12-20(33-3)19(32-2)11-16(17)18/h5-8,11-14,30H,4,9-10H2,1-3H3,(H,26,27,31). The van der Waals surface area contributed by atoms with Gasteiger partial charge in [0, 0.05) is 17.6 Å². The minimum atomic E-state index is -0.479. The molecule has 35 heavy (non-hydrogen) atoms. The van der Waals surface area contributed by atoms with E-state index in [0.29, 0.717) is 46.7 Å². The number of methoxy groups -OCH3 is 2. The smallest absolute Gasteiger partial charge is 0.281 e. The van der Waals surface area contributed by atoms with Crippen molar-refractivity contribution in [2.45, 2.75) is 13.5 Å².